The molecule has 0 spiro atoms. The quantitative estimate of drug-likeness (QED) is 0.405. The van der Waals surface area contributed by atoms with Gasteiger partial charge in [0.05, 0.1) is 7.11 Å². The molecule has 0 heterocycles. The first-order valence-corrected chi connectivity index (χ1v) is 9.54. The fourth-order valence-corrected chi connectivity index (χ4v) is 3.21. The van der Waals surface area contributed by atoms with Gasteiger partial charge in [-0.25, -0.2) is 0 Å². The third kappa shape index (κ3) is 5.57. The van der Waals surface area contributed by atoms with E-state index in [4.69, 9.17) is 14.2 Å². The zero-order chi connectivity index (χ0) is 20.6. The SMILES string of the molecule is COC(=O)CCCc1c(OCc2ccccc2)ccc2ccc(OC(C)=O)cc12. The van der Waals surface area contributed by atoms with Crippen molar-refractivity contribution in [2.75, 3.05) is 7.11 Å². The van der Waals surface area contributed by atoms with Gasteiger partial charge in [-0.3, -0.25) is 9.59 Å². The smallest absolute Gasteiger partial charge is 0.308 e. The number of methoxy groups -OCH3 is 1. The molecule has 0 atom stereocenters. The normalized spacial score (nSPS) is 10.6. The van der Waals surface area contributed by atoms with Crippen LogP contribution in [0.5, 0.6) is 11.5 Å². The van der Waals surface area contributed by atoms with Crippen LogP contribution in [0.15, 0.2) is 60.7 Å². The number of aryl methyl sites for hydroxylation is 1. The summed E-state index contributed by atoms with van der Waals surface area (Å²) >= 11 is 0. The van der Waals surface area contributed by atoms with Crippen LogP contribution in [0.1, 0.15) is 30.9 Å². The average molecular weight is 392 g/mol. The van der Waals surface area contributed by atoms with Crippen LogP contribution in [-0.2, 0) is 27.4 Å². The molecule has 0 amide bonds. The van der Waals surface area contributed by atoms with Crippen molar-refractivity contribution in [3.05, 3.63) is 71.8 Å². The number of esters is 2. The minimum absolute atomic E-state index is 0.238. The Morgan fingerprint density at radius 2 is 1.72 bits per heavy atom. The fourth-order valence-electron chi connectivity index (χ4n) is 3.21. The third-order valence-electron chi connectivity index (χ3n) is 4.60. The van der Waals surface area contributed by atoms with E-state index in [0.29, 0.717) is 31.6 Å². The Morgan fingerprint density at radius 1 is 0.966 bits per heavy atom. The molecule has 150 valence electrons. The average Bonchev–Trinajstić information content (AvgIpc) is 2.73. The molecule has 5 heteroatoms. The molecule has 3 rings (SSSR count). The minimum Gasteiger partial charge on any atom is -0.489 e. The molecule has 0 N–H and O–H groups in total. The zero-order valence-electron chi connectivity index (χ0n) is 16.6. The van der Waals surface area contributed by atoms with E-state index in [1.165, 1.54) is 14.0 Å². The van der Waals surface area contributed by atoms with Gasteiger partial charge in [0.1, 0.15) is 18.1 Å². The van der Waals surface area contributed by atoms with Gasteiger partial charge < -0.3 is 14.2 Å². The number of rotatable bonds is 8. The van der Waals surface area contributed by atoms with Crippen LogP contribution in [0.4, 0.5) is 0 Å². The zero-order valence-corrected chi connectivity index (χ0v) is 16.6. The van der Waals surface area contributed by atoms with Crippen LogP contribution < -0.4 is 9.47 Å². The van der Waals surface area contributed by atoms with Crippen LogP contribution in [0, 0.1) is 0 Å². The van der Waals surface area contributed by atoms with E-state index in [2.05, 4.69) is 0 Å². The first kappa shape index (κ1) is 20.4. The summed E-state index contributed by atoms with van der Waals surface area (Å²) in [7, 11) is 1.39. The predicted octanol–water partition coefficient (Wildman–Crippen LogP) is 4.84. The van der Waals surface area contributed by atoms with Gasteiger partial charge in [0, 0.05) is 18.9 Å². The summed E-state index contributed by atoms with van der Waals surface area (Å²) in [5.41, 5.74) is 2.05. The molecule has 0 aliphatic carbocycles. The lowest BCUT2D eigenvalue weighted by Crippen LogP contribution is -2.04. The molecule has 5 nitrogen and oxygen atoms in total. The highest BCUT2D eigenvalue weighted by atomic mass is 16.5. The summed E-state index contributed by atoms with van der Waals surface area (Å²) in [6.45, 7) is 1.82. The number of hydrogen-bond donors (Lipinski definition) is 0. The number of hydrogen-bond acceptors (Lipinski definition) is 5. The van der Waals surface area contributed by atoms with Gasteiger partial charge >= 0.3 is 11.9 Å². The van der Waals surface area contributed by atoms with Crippen molar-refractivity contribution < 1.29 is 23.8 Å². The second-order valence-electron chi connectivity index (χ2n) is 6.72. The summed E-state index contributed by atoms with van der Waals surface area (Å²) in [5, 5.41) is 1.96. The Balaban J connectivity index is 1.92. The Labute approximate surface area is 170 Å². The lowest BCUT2D eigenvalue weighted by Gasteiger charge is -2.15. The van der Waals surface area contributed by atoms with Gasteiger partial charge in [0.2, 0.25) is 0 Å². The molecule has 0 aliphatic heterocycles. The number of carbonyl (C=O) groups is 2. The van der Waals surface area contributed by atoms with E-state index in [1.54, 1.807) is 6.07 Å². The van der Waals surface area contributed by atoms with Crippen LogP contribution in [-0.4, -0.2) is 19.0 Å². The van der Waals surface area contributed by atoms with Gasteiger partial charge in [0.15, 0.2) is 0 Å². The van der Waals surface area contributed by atoms with Crippen molar-refractivity contribution in [2.45, 2.75) is 32.8 Å². The molecule has 3 aromatic rings. The minimum atomic E-state index is -0.368. The number of benzene rings is 3. The predicted molar refractivity (Wildman–Crippen MR) is 111 cm³/mol. The van der Waals surface area contributed by atoms with Crippen LogP contribution in [0.25, 0.3) is 10.8 Å². The third-order valence-corrected chi connectivity index (χ3v) is 4.60. The molecule has 3 aromatic carbocycles. The van der Waals surface area contributed by atoms with Gasteiger partial charge in [-0.1, -0.05) is 42.5 Å². The Kier molecular flexibility index (Phi) is 6.85. The molecule has 0 unspecified atom stereocenters. The molecule has 0 aliphatic rings. The van der Waals surface area contributed by atoms with E-state index < -0.39 is 0 Å². The van der Waals surface area contributed by atoms with Crippen LogP contribution in [0.3, 0.4) is 0 Å². The van der Waals surface area contributed by atoms with Crippen molar-refractivity contribution in [3.63, 3.8) is 0 Å². The Hall–Kier alpha value is -3.34. The van der Waals surface area contributed by atoms with Gasteiger partial charge in [-0.2, -0.15) is 0 Å². The monoisotopic (exact) mass is 392 g/mol. The summed E-state index contributed by atoms with van der Waals surface area (Å²) < 4.78 is 16.1. The maximum atomic E-state index is 11.5. The lowest BCUT2D eigenvalue weighted by atomic mass is 9.98. The molecule has 0 bridgehead atoms. The second-order valence-corrected chi connectivity index (χ2v) is 6.72. The first-order valence-electron chi connectivity index (χ1n) is 9.54. The van der Waals surface area contributed by atoms with Crippen molar-refractivity contribution in [1.29, 1.82) is 0 Å². The Bertz CT molecular complexity index is 995. The molecular formula is C24H24O5. The Morgan fingerprint density at radius 3 is 2.45 bits per heavy atom. The van der Waals surface area contributed by atoms with E-state index in [1.807, 2.05) is 54.6 Å². The van der Waals surface area contributed by atoms with Crippen molar-refractivity contribution in [1.82, 2.24) is 0 Å². The van der Waals surface area contributed by atoms with Crippen molar-refractivity contribution in [3.8, 4) is 11.5 Å². The highest BCUT2D eigenvalue weighted by Crippen LogP contribution is 2.33. The molecule has 0 aromatic heterocycles. The van der Waals surface area contributed by atoms with Crippen molar-refractivity contribution in [2.24, 2.45) is 0 Å². The van der Waals surface area contributed by atoms with E-state index >= 15 is 0 Å². The maximum absolute atomic E-state index is 11.5. The van der Waals surface area contributed by atoms with Crippen LogP contribution in [0.2, 0.25) is 0 Å². The maximum Gasteiger partial charge on any atom is 0.308 e. The van der Waals surface area contributed by atoms with Crippen LogP contribution >= 0.6 is 0 Å². The second kappa shape index (κ2) is 9.73. The number of carbonyl (C=O) groups excluding carboxylic acids is 2. The molecule has 0 saturated carbocycles. The topological polar surface area (TPSA) is 61.8 Å². The highest BCUT2D eigenvalue weighted by Gasteiger charge is 2.12. The number of ether oxygens (including phenoxy) is 3. The standard InChI is InChI=1S/C24H24O5/c1-17(25)29-20-13-11-19-12-14-23(28-16-18-7-4-3-5-8-18)21(22(19)15-20)9-6-10-24(26)27-2/h3-5,7-8,11-15H,6,9-10,16H2,1-2H3. The van der Waals surface area contributed by atoms with Gasteiger partial charge in [0.25, 0.3) is 0 Å². The van der Waals surface area contributed by atoms with E-state index in [-0.39, 0.29) is 11.9 Å². The number of fused-ring (bicyclic) bond motifs is 1. The molecule has 0 fully saturated rings. The lowest BCUT2D eigenvalue weighted by molar-refractivity contribution is -0.140. The summed E-state index contributed by atoms with van der Waals surface area (Å²) in [6.07, 6.45) is 1.60. The summed E-state index contributed by atoms with van der Waals surface area (Å²) in [4.78, 5) is 22.9. The van der Waals surface area contributed by atoms with E-state index in [0.717, 1.165) is 27.6 Å². The first-order chi connectivity index (χ1) is 14.1. The molecule has 0 radical (unpaired) electrons. The molecular weight excluding hydrogens is 368 g/mol. The van der Waals surface area contributed by atoms with Gasteiger partial charge in [-0.15, -0.1) is 0 Å². The molecule has 29 heavy (non-hydrogen) atoms. The highest BCUT2D eigenvalue weighted by molar-refractivity contribution is 5.89. The summed E-state index contributed by atoms with van der Waals surface area (Å²) in [5.74, 6) is 0.635. The van der Waals surface area contributed by atoms with Gasteiger partial charge in [-0.05, 0) is 47.4 Å². The largest absolute Gasteiger partial charge is 0.489 e. The fraction of sp³-hybridized carbons (Fsp3) is 0.250. The van der Waals surface area contributed by atoms with E-state index in [9.17, 15) is 9.59 Å². The molecule has 0 saturated heterocycles. The summed E-state index contributed by atoms with van der Waals surface area (Å²) in [6, 6.07) is 19.4. The van der Waals surface area contributed by atoms with Crippen molar-refractivity contribution >= 4 is 22.7 Å².